The smallest absolute Gasteiger partial charge is 0.319 e. The molecule has 0 saturated heterocycles. The third kappa shape index (κ3) is 3.76. The highest BCUT2D eigenvalue weighted by atomic mass is 79.9. The van der Waals surface area contributed by atoms with Crippen LogP contribution in [0.25, 0.3) is 0 Å². The molecular weight excluding hydrogens is 207 g/mol. The van der Waals surface area contributed by atoms with Gasteiger partial charge in [0.25, 0.3) is 0 Å². The molecule has 0 heterocycles. The first kappa shape index (κ1) is 9.24. The molecule has 0 N–H and O–H groups in total. The Bertz CT molecular complexity index is 97.0. The molecule has 0 aromatic rings. The number of esters is 1. The Morgan fingerprint density at radius 1 is 1.89 bits per heavy atom. The zero-order valence-corrected chi connectivity index (χ0v) is 7.41. The van der Waals surface area contributed by atoms with Crippen LogP contribution in [0.2, 0.25) is 0 Å². The van der Waals surface area contributed by atoms with Crippen LogP contribution in [0.1, 0.15) is 6.42 Å². The lowest BCUT2D eigenvalue weighted by molar-refractivity contribution is -0.139. The van der Waals surface area contributed by atoms with Crippen LogP contribution >= 0.6 is 27.5 Å². The lowest BCUT2D eigenvalue weighted by atomic mass is 10.3. The summed E-state index contributed by atoms with van der Waals surface area (Å²) in [7, 11) is 1.35. The molecule has 0 aliphatic rings. The van der Waals surface area contributed by atoms with Gasteiger partial charge in [-0.25, -0.2) is 0 Å². The van der Waals surface area contributed by atoms with Gasteiger partial charge in [0, 0.05) is 5.88 Å². The average molecular weight is 215 g/mol. The van der Waals surface area contributed by atoms with E-state index in [2.05, 4.69) is 20.7 Å². The monoisotopic (exact) mass is 214 g/mol. The van der Waals surface area contributed by atoms with Gasteiger partial charge in [0.1, 0.15) is 4.83 Å². The van der Waals surface area contributed by atoms with Crippen molar-refractivity contribution in [2.45, 2.75) is 11.2 Å². The fourth-order valence-corrected chi connectivity index (χ4v) is 1.24. The Morgan fingerprint density at radius 2 is 2.44 bits per heavy atom. The molecule has 1 unspecified atom stereocenters. The summed E-state index contributed by atoms with van der Waals surface area (Å²) < 4.78 is 4.42. The van der Waals surface area contributed by atoms with E-state index in [1.807, 2.05) is 0 Å². The van der Waals surface area contributed by atoms with E-state index in [0.29, 0.717) is 12.3 Å². The number of halogens is 2. The van der Waals surface area contributed by atoms with Gasteiger partial charge in [0.2, 0.25) is 0 Å². The molecule has 1 atom stereocenters. The number of carbonyl (C=O) groups excluding carboxylic acids is 1. The largest absolute Gasteiger partial charge is 0.468 e. The van der Waals surface area contributed by atoms with Crippen molar-refractivity contribution >= 4 is 33.5 Å². The molecule has 0 radical (unpaired) electrons. The van der Waals surface area contributed by atoms with Gasteiger partial charge in [-0.15, -0.1) is 11.6 Å². The summed E-state index contributed by atoms with van der Waals surface area (Å²) in [5.74, 6) is 0.195. The van der Waals surface area contributed by atoms with E-state index in [9.17, 15) is 4.79 Å². The van der Waals surface area contributed by atoms with Crippen molar-refractivity contribution in [2.75, 3.05) is 13.0 Å². The van der Waals surface area contributed by atoms with E-state index in [4.69, 9.17) is 11.6 Å². The number of hydrogen-bond donors (Lipinski definition) is 0. The van der Waals surface area contributed by atoms with E-state index in [0.717, 1.165) is 0 Å². The van der Waals surface area contributed by atoms with Crippen molar-refractivity contribution in [1.82, 2.24) is 0 Å². The molecule has 0 aliphatic carbocycles. The SMILES string of the molecule is COC(=O)C(Br)CCCl. The maximum atomic E-state index is 10.6. The second kappa shape index (κ2) is 5.06. The summed E-state index contributed by atoms with van der Waals surface area (Å²) in [6.07, 6.45) is 0.605. The maximum absolute atomic E-state index is 10.6. The van der Waals surface area contributed by atoms with Crippen molar-refractivity contribution < 1.29 is 9.53 Å². The van der Waals surface area contributed by atoms with Crippen molar-refractivity contribution in [2.24, 2.45) is 0 Å². The molecular formula is C5H8BrClO2. The third-order valence-electron chi connectivity index (χ3n) is 0.819. The predicted octanol–water partition coefficient (Wildman–Crippen LogP) is 1.55. The number of ether oxygens (including phenoxy) is 1. The quantitative estimate of drug-likeness (QED) is 0.527. The summed E-state index contributed by atoms with van der Waals surface area (Å²) in [5.41, 5.74) is 0. The Kier molecular flexibility index (Phi) is 5.19. The zero-order valence-electron chi connectivity index (χ0n) is 5.06. The Morgan fingerprint density at radius 3 is 2.78 bits per heavy atom. The molecule has 0 amide bonds. The van der Waals surface area contributed by atoms with E-state index in [1.54, 1.807) is 0 Å². The molecule has 0 saturated carbocycles. The Labute approximate surface area is 67.6 Å². The second-order valence-electron chi connectivity index (χ2n) is 1.47. The van der Waals surface area contributed by atoms with Crippen molar-refractivity contribution in [1.29, 1.82) is 0 Å². The normalized spacial score (nSPS) is 12.8. The second-order valence-corrected chi connectivity index (χ2v) is 2.95. The first-order chi connectivity index (χ1) is 4.22. The van der Waals surface area contributed by atoms with Crippen molar-refractivity contribution in [3.05, 3.63) is 0 Å². The van der Waals surface area contributed by atoms with Gasteiger partial charge >= 0.3 is 5.97 Å². The summed E-state index contributed by atoms with van der Waals surface area (Å²) in [6, 6.07) is 0. The Balaban J connectivity index is 3.45. The standard InChI is InChI=1S/C5H8BrClO2/c1-9-5(8)4(6)2-3-7/h4H,2-3H2,1H3. The summed E-state index contributed by atoms with van der Waals surface area (Å²) in [5, 5.41) is 0. The average Bonchev–Trinajstić information content (AvgIpc) is 1.87. The third-order valence-corrected chi connectivity index (χ3v) is 1.87. The lowest BCUT2D eigenvalue weighted by Crippen LogP contribution is -2.15. The lowest BCUT2D eigenvalue weighted by Gasteiger charge is -2.02. The van der Waals surface area contributed by atoms with Crippen LogP contribution in [-0.2, 0) is 9.53 Å². The fraction of sp³-hybridized carbons (Fsp3) is 0.800. The first-order valence-electron chi connectivity index (χ1n) is 2.50. The van der Waals surface area contributed by atoms with Gasteiger partial charge in [-0.3, -0.25) is 4.79 Å². The minimum Gasteiger partial charge on any atom is -0.468 e. The molecule has 0 fully saturated rings. The molecule has 0 aliphatic heterocycles. The molecule has 9 heavy (non-hydrogen) atoms. The molecule has 54 valence electrons. The van der Waals surface area contributed by atoms with Crippen LogP contribution in [0.5, 0.6) is 0 Å². The molecule has 0 aromatic carbocycles. The summed E-state index contributed by atoms with van der Waals surface area (Å²) in [4.78, 5) is 10.3. The first-order valence-corrected chi connectivity index (χ1v) is 3.95. The Hall–Kier alpha value is 0.240. The molecule has 0 aromatic heterocycles. The van der Waals surface area contributed by atoms with Crippen LogP contribution < -0.4 is 0 Å². The van der Waals surface area contributed by atoms with Crippen LogP contribution in [-0.4, -0.2) is 23.8 Å². The fourth-order valence-electron chi connectivity index (χ4n) is 0.342. The van der Waals surface area contributed by atoms with Crippen LogP contribution in [0, 0.1) is 0 Å². The highest BCUT2D eigenvalue weighted by Gasteiger charge is 2.12. The van der Waals surface area contributed by atoms with Gasteiger partial charge in [0.15, 0.2) is 0 Å². The number of hydrogen-bond acceptors (Lipinski definition) is 2. The molecule has 0 spiro atoms. The summed E-state index contributed by atoms with van der Waals surface area (Å²) >= 11 is 8.46. The minimum absolute atomic E-state index is 0.250. The van der Waals surface area contributed by atoms with Crippen LogP contribution in [0.15, 0.2) is 0 Å². The number of rotatable bonds is 3. The number of alkyl halides is 2. The van der Waals surface area contributed by atoms with E-state index in [1.165, 1.54) is 7.11 Å². The number of methoxy groups -OCH3 is 1. The van der Waals surface area contributed by atoms with E-state index >= 15 is 0 Å². The highest BCUT2D eigenvalue weighted by molar-refractivity contribution is 9.10. The highest BCUT2D eigenvalue weighted by Crippen LogP contribution is 2.07. The van der Waals surface area contributed by atoms with Gasteiger partial charge in [-0.1, -0.05) is 15.9 Å². The maximum Gasteiger partial charge on any atom is 0.319 e. The predicted molar refractivity (Wildman–Crippen MR) is 40.1 cm³/mol. The zero-order chi connectivity index (χ0) is 7.28. The van der Waals surface area contributed by atoms with Gasteiger partial charge in [-0.05, 0) is 6.42 Å². The van der Waals surface area contributed by atoms with Gasteiger partial charge in [-0.2, -0.15) is 0 Å². The number of carbonyl (C=O) groups is 1. The molecule has 4 heteroatoms. The van der Waals surface area contributed by atoms with Crippen molar-refractivity contribution in [3.63, 3.8) is 0 Å². The molecule has 0 rings (SSSR count). The molecule has 2 nitrogen and oxygen atoms in total. The topological polar surface area (TPSA) is 26.3 Å². The minimum atomic E-state index is -0.268. The summed E-state index contributed by atoms with van der Waals surface area (Å²) in [6.45, 7) is 0. The van der Waals surface area contributed by atoms with Crippen LogP contribution in [0.3, 0.4) is 0 Å². The van der Waals surface area contributed by atoms with E-state index in [-0.39, 0.29) is 10.8 Å². The van der Waals surface area contributed by atoms with Gasteiger partial charge in [0.05, 0.1) is 7.11 Å². The van der Waals surface area contributed by atoms with Gasteiger partial charge < -0.3 is 4.74 Å². The van der Waals surface area contributed by atoms with Crippen molar-refractivity contribution in [3.8, 4) is 0 Å². The van der Waals surface area contributed by atoms with Crippen LogP contribution in [0.4, 0.5) is 0 Å². The van der Waals surface area contributed by atoms with E-state index < -0.39 is 0 Å². The molecule has 0 bridgehead atoms.